The Morgan fingerprint density at radius 3 is 2.14 bits per heavy atom. The lowest BCUT2D eigenvalue weighted by Gasteiger charge is -2.32. The first kappa shape index (κ1) is 21.3. The van der Waals surface area contributed by atoms with Gasteiger partial charge >= 0.3 is 12.1 Å². The normalized spacial score (nSPS) is 14.1. The third-order valence-electron chi connectivity index (χ3n) is 2.73. The van der Waals surface area contributed by atoms with Crippen molar-refractivity contribution in [3.8, 4) is 0 Å². The number of nitrogens with one attached hydrogen (secondary N) is 1. The Kier molecular flexibility index (Phi) is 7.48. The number of carbonyl (C=O) groups is 2. The molecular formula is C13H20Cl3NO5. The molecule has 1 amide bonds. The fourth-order valence-corrected chi connectivity index (χ4v) is 1.11. The molecule has 0 aliphatic heterocycles. The highest BCUT2D eigenvalue weighted by atomic mass is 35.6. The van der Waals surface area contributed by atoms with Crippen molar-refractivity contribution in [3.05, 3.63) is 12.7 Å². The van der Waals surface area contributed by atoms with Crippen molar-refractivity contribution >= 4 is 46.9 Å². The van der Waals surface area contributed by atoms with Gasteiger partial charge in [-0.3, -0.25) is 0 Å². The minimum absolute atomic E-state index is 0.280. The molecule has 6 nitrogen and oxygen atoms in total. The van der Waals surface area contributed by atoms with Gasteiger partial charge in [-0.15, -0.1) is 6.58 Å². The minimum Gasteiger partial charge on any atom is -0.480 e. The molecule has 0 aromatic heterocycles. The first-order chi connectivity index (χ1) is 9.72. The zero-order valence-corrected chi connectivity index (χ0v) is 15.1. The number of aliphatic carboxylic acids is 1. The van der Waals surface area contributed by atoms with Gasteiger partial charge in [0.15, 0.2) is 11.6 Å². The van der Waals surface area contributed by atoms with Crippen LogP contribution in [-0.4, -0.2) is 44.8 Å². The van der Waals surface area contributed by atoms with Crippen molar-refractivity contribution in [2.75, 3.05) is 6.61 Å². The van der Waals surface area contributed by atoms with Crippen LogP contribution in [0.15, 0.2) is 12.7 Å². The van der Waals surface area contributed by atoms with E-state index in [0.29, 0.717) is 0 Å². The Balaban J connectivity index is 4.74. The number of ether oxygens (including phenoxy) is 2. The second-order valence-corrected chi connectivity index (χ2v) is 7.83. The number of carboxylic acids is 1. The molecule has 9 heteroatoms. The number of carbonyl (C=O) groups excluding carboxylic acids is 1. The summed E-state index contributed by atoms with van der Waals surface area (Å²) in [6, 6.07) is -1.32. The molecule has 1 atom stereocenters. The van der Waals surface area contributed by atoms with E-state index in [0.717, 1.165) is 0 Å². The lowest BCUT2D eigenvalue weighted by Crippen LogP contribution is -2.50. The Bertz CT molecular complexity index is 432. The third kappa shape index (κ3) is 7.05. The molecule has 0 saturated heterocycles. The SMILES string of the molecule is C=CC(C)(C)OC[C@H](NC(=O)OC(C)(C)C(Cl)(Cl)Cl)C(=O)O. The molecule has 0 aromatic rings. The molecule has 0 aliphatic rings. The van der Waals surface area contributed by atoms with Gasteiger partial charge in [0.2, 0.25) is 3.79 Å². The molecule has 0 aliphatic carbocycles. The first-order valence-electron chi connectivity index (χ1n) is 6.28. The van der Waals surface area contributed by atoms with Crippen LogP contribution in [0.1, 0.15) is 27.7 Å². The average Bonchev–Trinajstić information content (AvgIpc) is 2.32. The number of carboxylic acid groups (broad SMARTS) is 1. The van der Waals surface area contributed by atoms with Crippen LogP contribution in [0.4, 0.5) is 4.79 Å². The van der Waals surface area contributed by atoms with Crippen molar-refractivity contribution in [1.82, 2.24) is 5.32 Å². The summed E-state index contributed by atoms with van der Waals surface area (Å²) in [5.74, 6) is -1.29. The number of hydrogen-bond acceptors (Lipinski definition) is 4. The fraction of sp³-hybridized carbons (Fsp3) is 0.692. The van der Waals surface area contributed by atoms with Gasteiger partial charge in [0.05, 0.1) is 12.2 Å². The summed E-state index contributed by atoms with van der Waals surface area (Å²) in [4.78, 5) is 22.9. The maximum Gasteiger partial charge on any atom is 0.408 e. The number of alkyl carbamates (subject to hydrolysis) is 1. The number of alkyl halides is 3. The fourth-order valence-electron chi connectivity index (χ4n) is 0.993. The molecule has 0 spiro atoms. The summed E-state index contributed by atoms with van der Waals surface area (Å²) in [6.45, 7) is 9.44. The van der Waals surface area contributed by atoms with Crippen molar-refractivity contribution in [1.29, 1.82) is 0 Å². The monoisotopic (exact) mass is 375 g/mol. The summed E-state index contributed by atoms with van der Waals surface area (Å²) in [5, 5.41) is 11.2. The summed E-state index contributed by atoms with van der Waals surface area (Å²) < 4.78 is 8.44. The maximum atomic E-state index is 11.8. The van der Waals surface area contributed by atoms with E-state index in [1.807, 2.05) is 0 Å². The van der Waals surface area contributed by atoms with Gasteiger partial charge in [0.25, 0.3) is 0 Å². The van der Waals surface area contributed by atoms with E-state index in [9.17, 15) is 9.59 Å². The molecule has 0 unspecified atom stereocenters. The Hall–Kier alpha value is -0.690. The molecular weight excluding hydrogens is 357 g/mol. The van der Waals surface area contributed by atoms with E-state index < -0.39 is 33.1 Å². The predicted molar refractivity (Wildman–Crippen MR) is 85.6 cm³/mol. The number of amides is 1. The number of halogens is 3. The minimum atomic E-state index is -1.87. The van der Waals surface area contributed by atoms with Gasteiger partial charge in [-0.05, 0) is 27.7 Å². The van der Waals surface area contributed by atoms with Crippen LogP contribution in [0, 0.1) is 0 Å². The standard InChI is InChI=1S/C13H20Cl3NO5/c1-6-11(2,3)21-7-8(9(18)19)17-10(20)22-12(4,5)13(14,15)16/h6,8H,1,7H2,2-5H3,(H,17,20)(H,18,19)/t8-/m0/s1. The molecule has 0 radical (unpaired) electrons. The number of rotatable bonds is 7. The summed E-state index contributed by atoms with van der Waals surface area (Å²) in [7, 11) is 0. The first-order valence-corrected chi connectivity index (χ1v) is 7.42. The second-order valence-electron chi connectivity index (χ2n) is 5.55. The van der Waals surface area contributed by atoms with Crippen molar-refractivity contribution in [2.45, 2.75) is 48.7 Å². The molecule has 128 valence electrons. The zero-order valence-electron chi connectivity index (χ0n) is 12.8. The second kappa shape index (κ2) is 7.73. The molecule has 0 saturated carbocycles. The average molecular weight is 377 g/mol. The molecule has 0 bridgehead atoms. The van der Waals surface area contributed by atoms with E-state index in [-0.39, 0.29) is 6.61 Å². The highest BCUT2D eigenvalue weighted by Crippen LogP contribution is 2.40. The van der Waals surface area contributed by atoms with Crippen LogP contribution >= 0.6 is 34.8 Å². The smallest absolute Gasteiger partial charge is 0.408 e. The van der Waals surface area contributed by atoms with Gasteiger partial charge in [0, 0.05) is 0 Å². The van der Waals surface area contributed by atoms with Crippen LogP contribution in [0.25, 0.3) is 0 Å². The predicted octanol–water partition coefficient (Wildman–Crippen LogP) is 3.30. The lowest BCUT2D eigenvalue weighted by atomic mass is 10.1. The van der Waals surface area contributed by atoms with Gasteiger partial charge in [-0.1, -0.05) is 40.9 Å². The van der Waals surface area contributed by atoms with Gasteiger partial charge in [0.1, 0.15) is 0 Å². The van der Waals surface area contributed by atoms with E-state index >= 15 is 0 Å². The van der Waals surface area contributed by atoms with Gasteiger partial charge in [-0.25, -0.2) is 9.59 Å². The van der Waals surface area contributed by atoms with E-state index in [1.54, 1.807) is 13.8 Å². The Morgan fingerprint density at radius 1 is 1.27 bits per heavy atom. The molecule has 0 heterocycles. The van der Waals surface area contributed by atoms with E-state index in [4.69, 9.17) is 49.4 Å². The molecule has 0 fully saturated rings. The van der Waals surface area contributed by atoms with Crippen molar-refractivity contribution in [2.24, 2.45) is 0 Å². The topological polar surface area (TPSA) is 84.9 Å². The maximum absolute atomic E-state index is 11.8. The summed E-state index contributed by atoms with van der Waals surface area (Å²) in [5.41, 5.74) is -2.19. The highest BCUT2D eigenvalue weighted by molar-refractivity contribution is 6.68. The largest absolute Gasteiger partial charge is 0.480 e. The van der Waals surface area contributed by atoms with Crippen LogP contribution in [0.3, 0.4) is 0 Å². The molecule has 2 N–H and O–H groups in total. The van der Waals surface area contributed by atoms with Crippen LogP contribution in [-0.2, 0) is 14.3 Å². The lowest BCUT2D eigenvalue weighted by molar-refractivity contribution is -0.142. The van der Waals surface area contributed by atoms with Crippen molar-refractivity contribution in [3.63, 3.8) is 0 Å². The summed E-state index contributed by atoms with van der Waals surface area (Å²) in [6.07, 6.45) is 0.472. The van der Waals surface area contributed by atoms with Crippen LogP contribution in [0.2, 0.25) is 0 Å². The van der Waals surface area contributed by atoms with E-state index in [1.165, 1.54) is 19.9 Å². The Morgan fingerprint density at radius 2 is 1.77 bits per heavy atom. The number of hydrogen-bond donors (Lipinski definition) is 2. The Labute approximate surface area is 144 Å². The van der Waals surface area contributed by atoms with Crippen LogP contribution in [0.5, 0.6) is 0 Å². The third-order valence-corrected chi connectivity index (χ3v) is 4.10. The van der Waals surface area contributed by atoms with Crippen molar-refractivity contribution < 1.29 is 24.2 Å². The molecule has 0 aromatic carbocycles. The quantitative estimate of drug-likeness (QED) is 0.526. The molecule has 0 rings (SSSR count). The van der Waals surface area contributed by atoms with Gasteiger partial charge in [-0.2, -0.15) is 0 Å². The van der Waals surface area contributed by atoms with Gasteiger partial charge < -0.3 is 19.9 Å². The highest BCUT2D eigenvalue weighted by Gasteiger charge is 2.44. The zero-order chi connectivity index (χ0) is 17.8. The van der Waals surface area contributed by atoms with E-state index in [2.05, 4.69) is 11.9 Å². The van der Waals surface area contributed by atoms with Crippen LogP contribution < -0.4 is 5.32 Å². The molecule has 22 heavy (non-hydrogen) atoms. The summed E-state index contributed by atoms with van der Waals surface area (Å²) >= 11 is 17.0.